The summed E-state index contributed by atoms with van der Waals surface area (Å²) in [6.07, 6.45) is 7.12. The van der Waals surface area contributed by atoms with Crippen molar-refractivity contribution < 1.29 is 95.8 Å². The minimum atomic E-state index is -1.14. The van der Waals surface area contributed by atoms with Crippen LogP contribution in [0.15, 0.2) is 36.9 Å². The molecule has 772 valence electrons. The van der Waals surface area contributed by atoms with Gasteiger partial charge in [0.1, 0.15) is 42.9 Å². The van der Waals surface area contributed by atoms with Gasteiger partial charge in [-0.3, -0.25) is 76.8 Å². The number of hydrogen-bond acceptors (Lipinski definition) is 20. The molecule has 0 aromatic heterocycles. The fourth-order valence-corrected chi connectivity index (χ4v) is 20.9. The highest BCUT2D eigenvalue weighted by atomic mass is 16.6. The minimum Gasteiger partial charge on any atom is -0.448 e. The summed E-state index contributed by atoms with van der Waals surface area (Å²) in [5.41, 5.74) is 7.03. The largest absolute Gasteiger partial charge is 0.448 e. The van der Waals surface area contributed by atoms with Crippen molar-refractivity contribution in [2.75, 3.05) is 65.5 Å². The van der Waals surface area contributed by atoms with Crippen LogP contribution >= 0.6 is 0 Å². The Balaban J connectivity index is 0.000000233. The molecule has 5 saturated heterocycles. The van der Waals surface area contributed by atoms with E-state index in [1.807, 2.05) is 132 Å². The maximum Gasteiger partial charge on any atom is 0.410 e. The lowest BCUT2D eigenvalue weighted by Crippen LogP contribution is -2.62. The van der Waals surface area contributed by atoms with Crippen LogP contribution in [0.25, 0.3) is 0 Å². The van der Waals surface area contributed by atoms with Gasteiger partial charge in [-0.25, -0.2) is 19.2 Å². The number of likely N-dealkylation sites (tertiary alicyclic amines) is 4. The van der Waals surface area contributed by atoms with E-state index in [4.69, 9.17) is 16.2 Å². The van der Waals surface area contributed by atoms with Gasteiger partial charge in [0.2, 0.25) is 58.7 Å². The Labute approximate surface area is 818 Å². The third-order valence-corrected chi connectivity index (χ3v) is 30.5. The van der Waals surface area contributed by atoms with Crippen LogP contribution in [-0.2, 0) is 67.1 Å². The molecule has 1 aromatic rings. The Kier molecular flexibility index (Phi) is 34.3. The number of ether oxygens (including phenoxy) is 1. The van der Waals surface area contributed by atoms with Gasteiger partial charge in [-0.2, -0.15) is 0 Å². The van der Waals surface area contributed by atoms with Crippen molar-refractivity contribution in [1.82, 2.24) is 82.6 Å². The zero-order chi connectivity index (χ0) is 105. The first-order chi connectivity index (χ1) is 64.1. The first-order valence-electron chi connectivity index (χ1n) is 49.4. The second-order valence-corrected chi connectivity index (χ2v) is 48.1. The third kappa shape index (κ3) is 25.6. The number of nitrogens with zero attached hydrogens (tertiary/aromatic N) is 6. The first kappa shape index (κ1) is 112. The lowest BCUT2D eigenvalue weighted by atomic mass is 9.80. The van der Waals surface area contributed by atoms with E-state index in [9.17, 15) is 91.1 Å². The average Bonchev–Trinajstić information content (AvgIpc) is 1.53. The van der Waals surface area contributed by atoms with Gasteiger partial charge in [-0.05, 0) is 128 Å². The van der Waals surface area contributed by atoms with Gasteiger partial charge in [-0.15, -0.1) is 6.58 Å². The van der Waals surface area contributed by atoms with Gasteiger partial charge in [0.15, 0.2) is 0 Å². The molecule has 1 aromatic carbocycles. The van der Waals surface area contributed by atoms with E-state index in [0.29, 0.717) is 76.1 Å². The molecule has 38 nitrogen and oxygen atoms in total. The molecule has 10 aliphatic rings. The smallest absolute Gasteiger partial charge is 0.410 e. The molecule has 11 rings (SSSR count). The number of primary amides is 2. The third-order valence-electron chi connectivity index (χ3n) is 30.5. The molecular formula is C101H158N18O20. The summed E-state index contributed by atoms with van der Waals surface area (Å²) in [5, 5.41) is 28.2. The summed E-state index contributed by atoms with van der Waals surface area (Å²) >= 11 is 0. The van der Waals surface area contributed by atoms with Crippen molar-refractivity contribution in [3.8, 4) is 0 Å². The molecule has 139 heavy (non-hydrogen) atoms. The van der Waals surface area contributed by atoms with E-state index in [0.717, 1.165) is 30.6 Å². The summed E-state index contributed by atoms with van der Waals surface area (Å²) in [5.74, 6) is -9.04. The summed E-state index contributed by atoms with van der Waals surface area (Å²) < 4.78 is 5.05. The van der Waals surface area contributed by atoms with E-state index in [1.165, 1.54) is 15.9 Å². The van der Waals surface area contributed by atoms with Gasteiger partial charge in [0, 0.05) is 52.2 Å². The minimum absolute atomic E-state index is 0.0352. The second kappa shape index (κ2) is 42.7. The molecule has 4 aliphatic carbocycles. The quantitative estimate of drug-likeness (QED) is 0.0199. The average molecular weight is 1940 g/mol. The number of piperidine rings is 3. The number of fused-ring (bicyclic) bond motifs is 4. The second-order valence-electron chi connectivity index (χ2n) is 48.1. The lowest BCUT2D eigenvalue weighted by Gasteiger charge is -2.39. The number of hydrogen-bond donors (Lipinski definition) is 12. The van der Waals surface area contributed by atoms with Gasteiger partial charge < -0.3 is 93.9 Å². The van der Waals surface area contributed by atoms with Crippen LogP contribution in [0.2, 0.25) is 0 Å². The highest BCUT2D eigenvalue weighted by Crippen LogP contribution is 2.67. The van der Waals surface area contributed by atoms with E-state index in [2.05, 4.69) is 87.4 Å². The normalized spacial score (nSPS) is 24.3. The fraction of sp³-hybridized carbons (Fsp3) is 0.733. The van der Waals surface area contributed by atoms with Crippen LogP contribution in [0.5, 0.6) is 0 Å². The summed E-state index contributed by atoms with van der Waals surface area (Å²) in [4.78, 5) is 259. The summed E-state index contributed by atoms with van der Waals surface area (Å²) in [6.45, 7) is 56.5. The number of carbonyl (C=O) groups is 19. The van der Waals surface area contributed by atoms with Gasteiger partial charge >= 0.3 is 24.2 Å². The summed E-state index contributed by atoms with van der Waals surface area (Å²) in [6, 6.07) is -5.46. The van der Waals surface area contributed by atoms with Crippen molar-refractivity contribution in [1.29, 1.82) is 0 Å². The topological polar surface area (TPSA) is 525 Å². The van der Waals surface area contributed by atoms with Crippen molar-refractivity contribution in [2.45, 2.75) is 317 Å². The van der Waals surface area contributed by atoms with E-state index in [1.54, 1.807) is 59.7 Å². The van der Waals surface area contributed by atoms with E-state index < -0.39 is 194 Å². The van der Waals surface area contributed by atoms with Gasteiger partial charge in [0.25, 0.3) is 29.5 Å². The molecule has 9 fully saturated rings. The molecule has 4 saturated carbocycles. The molecule has 38 heteroatoms. The molecule has 18 atom stereocenters. The Morgan fingerprint density at radius 1 is 0.453 bits per heavy atom. The van der Waals surface area contributed by atoms with Crippen LogP contribution < -0.4 is 64.6 Å². The highest BCUT2D eigenvalue weighted by Gasteiger charge is 2.73. The van der Waals surface area contributed by atoms with Crippen molar-refractivity contribution >= 4 is 112 Å². The zero-order valence-electron chi connectivity index (χ0n) is 86.7. The van der Waals surface area contributed by atoms with Crippen LogP contribution in [0.4, 0.5) is 19.2 Å². The first-order valence-corrected chi connectivity index (χ1v) is 49.4. The van der Waals surface area contributed by atoms with Crippen LogP contribution in [0.1, 0.15) is 265 Å². The molecule has 0 bridgehead atoms. The molecule has 19 amide bonds. The van der Waals surface area contributed by atoms with E-state index in [-0.39, 0.29) is 120 Å². The standard InChI is InChI=1S/C35H50N6O7.C33H54N6O7.C33H54N6O6/c1-10-13-21(25(42)27(36)43)37-28(44)24-23-20(35(23,8)9)16-40(24)31(47)26(34(5,6)7)39-32(48)38-22(33(2,3)4)17-41-29(45)18-14-11-12-15-19(18)30(41)46;1-11-13-20(24(40)27(42)34-14-12-2)35-26(41)23-22-19(33(22,9)10)17-39(23)28(43)25(32(6,7)8)37-29(44)36-21(31(3,4)5)18-38-15-16-46-30(38)45;1-31(2,3)21(17-38-14-10-13-22(38)40)36-30(45)37-26(32(4,5)6)29(44)39-16-19-23(33(19,7)8)24(39)28(43)35-20(25(41)27(34)42)15-18-11-9-12-18/h11-12,14-15,20-24,26H,10,13,16-17H2,1-9H3,(H2,36,43)(H,37,44)(H2,38,39,48);12,19-23,25H,2,11,13-18H2,1,3-10H3,(H,34,42)(H,35,41)(H2,36,37,44);18-21,23-24,26H,9-17H2,1-8H3,(H2,34,42)(H,35,43)(H2,36,37,45)/t20-,21?,22+,23-,24-,26+;19-,20?,21+,22-,23-,25+;19-,20?,21+,23-,24-,26+/m000/s1. The zero-order valence-corrected chi connectivity index (χ0v) is 86.7. The number of rotatable bonds is 35. The van der Waals surface area contributed by atoms with Gasteiger partial charge in [0.05, 0.1) is 60.5 Å². The van der Waals surface area contributed by atoms with Crippen LogP contribution in [0.3, 0.4) is 0 Å². The molecule has 6 aliphatic heterocycles. The number of Topliss-reactive ketones (excluding diaryl/α,β-unsaturated/α-hetero) is 3. The van der Waals surface area contributed by atoms with Crippen molar-refractivity contribution in [3.05, 3.63) is 48.0 Å². The molecule has 0 radical (unpaired) electrons. The van der Waals surface area contributed by atoms with Gasteiger partial charge in [-0.1, -0.05) is 230 Å². The number of urea groups is 3. The lowest BCUT2D eigenvalue weighted by molar-refractivity contribution is -0.145. The molecule has 0 spiro atoms. The number of imide groups is 1. The Morgan fingerprint density at radius 2 is 0.799 bits per heavy atom. The number of benzene rings is 1. The predicted molar refractivity (Wildman–Crippen MR) is 518 cm³/mol. The predicted octanol–water partition coefficient (Wildman–Crippen LogP) is 6.39. The van der Waals surface area contributed by atoms with Crippen molar-refractivity contribution in [2.24, 2.45) is 102 Å². The van der Waals surface area contributed by atoms with Crippen LogP contribution in [-0.4, -0.2) is 280 Å². The number of nitrogens with one attached hydrogen (secondary N) is 10. The number of cyclic esters (lactones) is 1. The number of nitrogens with two attached hydrogens (primary N) is 2. The number of ketones is 3. The highest BCUT2D eigenvalue weighted by molar-refractivity contribution is 6.39. The fourth-order valence-electron chi connectivity index (χ4n) is 20.9. The molecule has 3 unspecified atom stereocenters. The number of amides is 19. The Bertz CT molecular complexity index is 4870. The maximum atomic E-state index is 14.3. The summed E-state index contributed by atoms with van der Waals surface area (Å²) in [7, 11) is 0. The monoisotopic (exact) mass is 1940 g/mol. The van der Waals surface area contributed by atoms with E-state index >= 15 is 0 Å². The molecule has 6 heterocycles. The van der Waals surface area contributed by atoms with Crippen molar-refractivity contribution in [3.63, 3.8) is 0 Å². The molecule has 14 N–H and O–H groups in total. The van der Waals surface area contributed by atoms with Crippen LogP contribution in [0, 0.1) is 90.2 Å². The molecular weight excluding hydrogens is 1790 g/mol. The maximum absolute atomic E-state index is 14.3. The Hall–Kier alpha value is -11.1. The Morgan fingerprint density at radius 3 is 1.10 bits per heavy atom. The SMILES string of the molecule is C=CCNC(=O)C(=O)C(CCC)NC(=O)[C@@H]1[C@@H]2[C@H](CN1C(=O)[C@@H](NC(=O)N[C@H](CN1CCOC1=O)C(C)(C)C)C(C)(C)C)C2(C)C.CC(C)(C)[C@H](NC(=O)N[C@H](CN1CCCC1=O)C(C)(C)C)C(=O)N1C[C@H]2[C@@H]([C@H]1C(=O)NC(CC1CCC1)C(=O)C(N)=O)C2(C)C.CCCC(NC(=O)[C@@H]1[C@@H]2[C@H](CN1C(=O)[C@@H](NC(=O)N[C@H](CN1C(=O)c3ccccc3C1=O)C(C)(C)C)C(C)(C)C)C2(C)C)C(=O)C(N)=O. The number of carbonyl (C=O) groups excluding carboxylic acids is 19.